The van der Waals surface area contributed by atoms with E-state index in [1.807, 2.05) is 20.8 Å². The average Bonchev–Trinajstić information content (AvgIpc) is 2.16. The molecule has 0 aromatic carbocycles. The maximum absolute atomic E-state index is 11.6. The van der Waals surface area contributed by atoms with Crippen LogP contribution in [0.25, 0.3) is 0 Å². The van der Waals surface area contributed by atoms with E-state index in [1.165, 1.54) is 0 Å². The molecule has 0 radical (unpaired) electrons. The second kappa shape index (κ2) is 8.06. The van der Waals surface area contributed by atoms with Gasteiger partial charge in [-0.1, -0.05) is 13.8 Å². The van der Waals surface area contributed by atoms with Gasteiger partial charge in [0.05, 0.1) is 19.7 Å². The molecular formula is C12H24N2O3. The molecular weight excluding hydrogens is 220 g/mol. The fourth-order valence-corrected chi connectivity index (χ4v) is 1.19. The fraction of sp³-hybridized carbons (Fsp3) is 0.833. The lowest BCUT2D eigenvalue weighted by Gasteiger charge is -2.20. The lowest BCUT2D eigenvalue weighted by Crippen LogP contribution is -2.43. The standard InChI is InChI=1S/C12H24N2O3/c1-6-17-12(16)8-14(5)7-11(15)13-10(4)9(2)3/h9-10H,6-8H2,1-5H3,(H,13,15). The molecule has 0 saturated carbocycles. The Labute approximate surface area is 103 Å². The third-order valence-electron chi connectivity index (χ3n) is 2.51. The molecule has 0 heterocycles. The zero-order valence-electron chi connectivity index (χ0n) is 11.4. The second-order valence-electron chi connectivity index (χ2n) is 4.58. The van der Waals surface area contributed by atoms with Gasteiger partial charge in [-0.15, -0.1) is 0 Å². The average molecular weight is 244 g/mol. The van der Waals surface area contributed by atoms with Crippen LogP contribution in [0.1, 0.15) is 27.7 Å². The number of carbonyl (C=O) groups excluding carboxylic acids is 2. The summed E-state index contributed by atoms with van der Waals surface area (Å²) in [5.41, 5.74) is 0. The van der Waals surface area contributed by atoms with Crippen molar-refractivity contribution >= 4 is 11.9 Å². The van der Waals surface area contributed by atoms with Crippen molar-refractivity contribution in [3.05, 3.63) is 0 Å². The van der Waals surface area contributed by atoms with Crippen LogP contribution in [-0.4, -0.2) is 49.6 Å². The van der Waals surface area contributed by atoms with Crippen LogP contribution >= 0.6 is 0 Å². The van der Waals surface area contributed by atoms with E-state index in [4.69, 9.17) is 4.74 Å². The summed E-state index contributed by atoms with van der Waals surface area (Å²) in [6, 6.07) is 0.137. The fourth-order valence-electron chi connectivity index (χ4n) is 1.19. The van der Waals surface area contributed by atoms with Crippen molar-refractivity contribution < 1.29 is 14.3 Å². The zero-order chi connectivity index (χ0) is 13.4. The molecule has 1 atom stereocenters. The molecule has 5 nitrogen and oxygen atoms in total. The van der Waals surface area contributed by atoms with E-state index < -0.39 is 0 Å². The van der Waals surface area contributed by atoms with Crippen molar-refractivity contribution in [1.29, 1.82) is 0 Å². The minimum Gasteiger partial charge on any atom is -0.465 e. The van der Waals surface area contributed by atoms with E-state index >= 15 is 0 Å². The predicted octanol–water partition coefficient (Wildman–Crippen LogP) is 0.642. The molecule has 17 heavy (non-hydrogen) atoms. The van der Waals surface area contributed by atoms with Crippen LogP contribution in [-0.2, 0) is 14.3 Å². The summed E-state index contributed by atoms with van der Waals surface area (Å²) in [5, 5.41) is 2.88. The highest BCUT2D eigenvalue weighted by Gasteiger charge is 2.14. The van der Waals surface area contributed by atoms with Gasteiger partial charge in [0.1, 0.15) is 0 Å². The van der Waals surface area contributed by atoms with Gasteiger partial charge in [-0.2, -0.15) is 0 Å². The second-order valence-corrected chi connectivity index (χ2v) is 4.58. The first-order chi connectivity index (χ1) is 7.86. The van der Waals surface area contributed by atoms with Gasteiger partial charge in [0.2, 0.25) is 5.91 Å². The van der Waals surface area contributed by atoms with Gasteiger partial charge in [-0.25, -0.2) is 0 Å². The van der Waals surface area contributed by atoms with Gasteiger partial charge in [0, 0.05) is 6.04 Å². The number of carbonyl (C=O) groups is 2. The molecule has 0 aliphatic heterocycles. The first kappa shape index (κ1) is 15.9. The summed E-state index contributed by atoms with van der Waals surface area (Å²) in [6.45, 7) is 8.53. The Bertz CT molecular complexity index is 254. The smallest absolute Gasteiger partial charge is 0.320 e. The molecule has 0 aliphatic carbocycles. The van der Waals surface area contributed by atoms with E-state index in [9.17, 15) is 9.59 Å². The molecule has 1 N–H and O–H groups in total. The van der Waals surface area contributed by atoms with Crippen molar-refractivity contribution in [3.8, 4) is 0 Å². The number of nitrogens with zero attached hydrogens (tertiary/aromatic N) is 1. The van der Waals surface area contributed by atoms with Gasteiger partial charge in [-0.05, 0) is 26.8 Å². The highest BCUT2D eigenvalue weighted by atomic mass is 16.5. The Hall–Kier alpha value is -1.10. The lowest BCUT2D eigenvalue weighted by atomic mass is 10.1. The van der Waals surface area contributed by atoms with E-state index in [0.29, 0.717) is 12.5 Å². The minimum atomic E-state index is -0.306. The molecule has 0 aromatic heterocycles. The molecule has 0 aromatic rings. The number of nitrogens with one attached hydrogen (secondary N) is 1. The molecule has 100 valence electrons. The monoisotopic (exact) mass is 244 g/mol. The molecule has 0 saturated heterocycles. The van der Waals surface area contributed by atoms with Gasteiger partial charge >= 0.3 is 5.97 Å². The van der Waals surface area contributed by atoms with Crippen molar-refractivity contribution in [2.24, 2.45) is 5.92 Å². The third kappa shape index (κ3) is 7.74. The molecule has 0 aliphatic rings. The summed E-state index contributed by atoms with van der Waals surface area (Å²) >= 11 is 0. The Morgan fingerprint density at radius 3 is 2.29 bits per heavy atom. The van der Waals surface area contributed by atoms with Crippen LogP contribution < -0.4 is 5.32 Å². The lowest BCUT2D eigenvalue weighted by molar-refractivity contribution is -0.144. The van der Waals surface area contributed by atoms with Crippen molar-refractivity contribution in [3.63, 3.8) is 0 Å². The number of likely N-dealkylation sites (N-methyl/N-ethyl adjacent to an activating group) is 1. The number of rotatable bonds is 7. The van der Waals surface area contributed by atoms with E-state index in [2.05, 4.69) is 5.32 Å². The quantitative estimate of drug-likeness (QED) is 0.668. The van der Waals surface area contributed by atoms with Crippen molar-refractivity contribution in [1.82, 2.24) is 10.2 Å². The first-order valence-electron chi connectivity index (χ1n) is 6.00. The van der Waals surface area contributed by atoms with Crippen LogP contribution in [0, 0.1) is 5.92 Å². The van der Waals surface area contributed by atoms with Crippen LogP contribution in [0.2, 0.25) is 0 Å². The Morgan fingerprint density at radius 1 is 1.24 bits per heavy atom. The van der Waals surface area contributed by atoms with Gasteiger partial charge in [0.15, 0.2) is 0 Å². The molecule has 0 spiro atoms. The maximum atomic E-state index is 11.6. The topological polar surface area (TPSA) is 58.6 Å². The van der Waals surface area contributed by atoms with Gasteiger partial charge < -0.3 is 10.1 Å². The summed E-state index contributed by atoms with van der Waals surface area (Å²) in [7, 11) is 1.72. The highest BCUT2D eigenvalue weighted by Crippen LogP contribution is 1.99. The van der Waals surface area contributed by atoms with E-state index in [1.54, 1.807) is 18.9 Å². The highest BCUT2D eigenvalue weighted by molar-refractivity contribution is 5.79. The number of amides is 1. The number of hydrogen-bond donors (Lipinski definition) is 1. The number of ether oxygens (including phenoxy) is 1. The predicted molar refractivity (Wildman–Crippen MR) is 66.6 cm³/mol. The van der Waals surface area contributed by atoms with Gasteiger partial charge in [0.25, 0.3) is 0 Å². The van der Waals surface area contributed by atoms with E-state index in [0.717, 1.165) is 0 Å². The third-order valence-corrected chi connectivity index (χ3v) is 2.51. The first-order valence-corrected chi connectivity index (χ1v) is 6.00. The molecule has 1 amide bonds. The molecule has 0 bridgehead atoms. The van der Waals surface area contributed by atoms with Crippen LogP contribution in [0.5, 0.6) is 0 Å². The summed E-state index contributed by atoms with van der Waals surface area (Å²) in [5.74, 6) is 0.0204. The molecule has 0 rings (SSSR count). The largest absolute Gasteiger partial charge is 0.465 e. The zero-order valence-corrected chi connectivity index (χ0v) is 11.4. The van der Waals surface area contributed by atoms with Crippen molar-refractivity contribution in [2.45, 2.75) is 33.7 Å². The number of esters is 1. The summed E-state index contributed by atoms with van der Waals surface area (Å²) in [4.78, 5) is 24.4. The minimum absolute atomic E-state index is 0.0713. The Balaban J connectivity index is 3.91. The van der Waals surface area contributed by atoms with Gasteiger partial charge in [-0.3, -0.25) is 14.5 Å². The summed E-state index contributed by atoms with van der Waals surface area (Å²) in [6.07, 6.45) is 0. The Morgan fingerprint density at radius 2 is 1.82 bits per heavy atom. The summed E-state index contributed by atoms with van der Waals surface area (Å²) < 4.78 is 4.80. The molecule has 5 heteroatoms. The van der Waals surface area contributed by atoms with Crippen LogP contribution in [0.4, 0.5) is 0 Å². The molecule has 0 fully saturated rings. The Kier molecular flexibility index (Phi) is 7.54. The molecule has 1 unspecified atom stereocenters. The number of hydrogen-bond acceptors (Lipinski definition) is 4. The maximum Gasteiger partial charge on any atom is 0.320 e. The van der Waals surface area contributed by atoms with Crippen LogP contribution in [0.15, 0.2) is 0 Å². The SMILES string of the molecule is CCOC(=O)CN(C)CC(=O)NC(C)C(C)C. The normalized spacial score (nSPS) is 12.6. The van der Waals surface area contributed by atoms with Crippen molar-refractivity contribution in [2.75, 3.05) is 26.7 Å². The van der Waals surface area contributed by atoms with Crippen LogP contribution in [0.3, 0.4) is 0 Å². The van der Waals surface area contributed by atoms with E-state index in [-0.39, 0.29) is 31.0 Å².